The summed E-state index contributed by atoms with van der Waals surface area (Å²) in [5.74, 6) is 1.12. The Labute approximate surface area is 175 Å². The molecule has 1 fully saturated rings. The largest absolute Gasteiger partial charge is 0.378 e. The van der Waals surface area contributed by atoms with Gasteiger partial charge in [0.15, 0.2) is 11.6 Å². The van der Waals surface area contributed by atoms with Gasteiger partial charge in [0.2, 0.25) is 0 Å². The first-order valence-corrected chi connectivity index (χ1v) is 10.00. The average Bonchev–Trinajstić information content (AvgIpc) is 3.18. The average molecular weight is 401 g/mol. The van der Waals surface area contributed by atoms with Crippen LogP contribution in [0.3, 0.4) is 0 Å². The van der Waals surface area contributed by atoms with Crippen molar-refractivity contribution in [3.63, 3.8) is 0 Å². The van der Waals surface area contributed by atoms with Gasteiger partial charge in [0.1, 0.15) is 0 Å². The summed E-state index contributed by atoms with van der Waals surface area (Å²) in [6.07, 6.45) is 5.59. The van der Waals surface area contributed by atoms with E-state index in [4.69, 9.17) is 4.98 Å². The van der Waals surface area contributed by atoms with E-state index in [0.29, 0.717) is 11.6 Å². The minimum absolute atomic E-state index is 0.0880. The molecule has 4 heterocycles. The third-order valence-corrected chi connectivity index (χ3v) is 5.63. The van der Waals surface area contributed by atoms with Crippen molar-refractivity contribution in [3.05, 3.63) is 55.0 Å². The van der Waals surface area contributed by atoms with Gasteiger partial charge in [-0.2, -0.15) is 0 Å². The summed E-state index contributed by atoms with van der Waals surface area (Å²) in [6.45, 7) is 1.74. The Kier molecular flexibility index (Phi) is 4.46. The van der Waals surface area contributed by atoms with Gasteiger partial charge < -0.3 is 9.80 Å². The predicted molar refractivity (Wildman–Crippen MR) is 118 cm³/mol. The number of pyridine rings is 1. The first-order chi connectivity index (χ1) is 14.6. The van der Waals surface area contributed by atoms with Crippen LogP contribution < -0.4 is 20.0 Å². The molecule has 0 radical (unpaired) electrons. The van der Waals surface area contributed by atoms with E-state index in [0.717, 1.165) is 42.1 Å². The molecule has 0 spiro atoms. The second-order valence-corrected chi connectivity index (χ2v) is 7.76. The van der Waals surface area contributed by atoms with Gasteiger partial charge in [-0.25, -0.2) is 14.8 Å². The fourth-order valence-corrected chi connectivity index (χ4v) is 4.11. The van der Waals surface area contributed by atoms with Crippen LogP contribution in [0.4, 0.5) is 27.8 Å². The van der Waals surface area contributed by atoms with Crippen LogP contribution in [0.15, 0.2) is 55.0 Å². The van der Waals surface area contributed by atoms with Gasteiger partial charge in [-0.1, -0.05) is 12.1 Å². The monoisotopic (exact) mass is 401 g/mol. The van der Waals surface area contributed by atoms with E-state index in [1.807, 2.05) is 32.3 Å². The van der Waals surface area contributed by atoms with Crippen molar-refractivity contribution in [2.75, 3.05) is 47.2 Å². The van der Waals surface area contributed by atoms with E-state index in [9.17, 15) is 4.79 Å². The summed E-state index contributed by atoms with van der Waals surface area (Å²) >= 11 is 0. The molecule has 3 aromatic rings. The number of carbonyl (C=O) groups is 1. The smallest absolute Gasteiger partial charge is 0.329 e. The topological polar surface area (TPSA) is 77.5 Å². The molecule has 2 aliphatic heterocycles. The molecule has 2 bridgehead atoms. The van der Waals surface area contributed by atoms with Gasteiger partial charge in [-0.05, 0) is 30.7 Å². The molecule has 8 heteroatoms. The Morgan fingerprint density at radius 2 is 2.10 bits per heavy atom. The summed E-state index contributed by atoms with van der Waals surface area (Å²) in [6, 6.07) is 12.2. The predicted octanol–water partition coefficient (Wildman–Crippen LogP) is 3.24. The number of urea groups is 1. The first-order valence-electron chi connectivity index (χ1n) is 10.00. The van der Waals surface area contributed by atoms with Gasteiger partial charge >= 0.3 is 6.03 Å². The molecule has 5 rings (SSSR count). The maximum Gasteiger partial charge on any atom is 0.329 e. The van der Waals surface area contributed by atoms with Crippen molar-refractivity contribution in [3.8, 4) is 11.3 Å². The molecular weight excluding hydrogens is 378 g/mol. The van der Waals surface area contributed by atoms with Crippen LogP contribution in [0.2, 0.25) is 0 Å². The number of hydrogen-bond acceptors (Lipinski definition) is 6. The Hall–Kier alpha value is -3.68. The molecule has 1 atom stereocenters. The first kappa shape index (κ1) is 18.4. The molecule has 2 aromatic heterocycles. The quantitative estimate of drug-likeness (QED) is 0.726. The Balaban J connectivity index is 1.53. The van der Waals surface area contributed by atoms with Crippen molar-refractivity contribution in [2.24, 2.45) is 0 Å². The lowest BCUT2D eigenvalue weighted by Gasteiger charge is -2.35. The Morgan fingerprint density at radius 1 is 1.20 bits per heavy atom. The molecule has 1 aromatic carbocycles. The molecule has 8 nitrogen and oxygen atoms in total. The number of rotatable bonds is 3. The lowest BCUT2D eigenvalue weighted by atomic mass is 10.1. The van der Waals surface area contributed by atoms with E-state index in [2.05, 4.69) is 43.3 Å². The van der Waals surface area contributed by atoms with Crippen molar-refractivity contribution in [1.29, 1.82) is 0 Å². The molecule has 0 aliphatic carbocycles. The molecule has 30 heavy (non-hydrogen) atoms. The van der Waals surface area contributed by atoms with E-state index < -0.39 is 0 Å². The third kappa shape index (κ3) is 3.20. The zero-order valence-electron chi connectivity index (χ0n) is 17.0. The molecular formula is C22H23N7O. The van der Waals surface area contributed by atoms with Crippen LogP contribution in [-0.4, -0.2) is 54.2 Å². The minimum atomic E-state index is -0.227. The van der Waals surface area contributed by atoms with Crippen LogP contribution in [0.5, 0.6) is 0 Å². The van der Waals surface area contributed by atoms with Crippen LogP contribution in [0.25, 0.3) is 11.3 Å². The lowest BCUT2D eigenvalue weighted by molar-refractivity contribution is 0.254. The van der Waals surface area contributed by atoms with Gasteiger partial charge in [-0.3, -0.25) is 15.2 Å². The minimum Gasteiger partial charge on any atom is -0.378 e. The molecule has 1 N–H and O–H groups in total. The molecule has 152 valence electrons. The highest BCUT2D eigenvalue weighted by molar-refractivity contribution is 6.04. The number of nitrogens with one attached hydrogen (secondary N) is 1. The van der Waals surface area contributed by atoms with Crippen LogP contribution >= 0.6 is 0 Å². The standard InChI is InChI=1S/C22H23N7O/c1-27(2)16-5-3-4-15(12-16)18-6-7-19-21(25-18)29(17-8-11-28(19)14-17)22(30)26-20-13-23-9-10-24-20/h3-7,9-10,12-13,17H,8,11,14H2,1-2H3,(H,24,26,30)/t17-/m0/s1. The normalized spacial score (nSPS) is 16.9. The summed E-state index contributed by atoms with van der Waals surface area (Å²) in [4.78, 5) is 32.5. The fraction of sp³-hybridized carbons (Fsp3) is 0.273. The third-order valence-electron chi connectivity index (χ3n) is 5.63. The van der Waals surface area contributed by atoms with Crippen molar-refractivity contribution in [2.45, 2.75) is 12.5 Å². The van der Waals surface area contributed by atoms with Gasteiger partial charge in [0, 0.05) is 50.8 Å². The molecule has 0 unspecified atom stereocenters. The molecule has 2 aliphatic rings. The van der Waals surface area contributed by atoms with Crippen LogP contribution in [-0.2, 0) is 0 Å². The highest BCUT2D eigenvalue weighted by Gasteiger charge is 2.40. The van der Waals surface area contributed by atoms with Crippen LogP contribution in [0, 0.1) is 0 Å². The summed E-state index contributed by atoms with van der Waals surface area (Å²) < 4.78 is 0. The Morgan fingerprint density at radius 3 is 2.90 bits per heavy atom. The summed E-state index contributed by atoms with van der Waals surface area (Å²) in [5, 5.41) is 2.87. The zero-order valence-corrected chi connectivity index (χ0v) is 17.0. The molecule has 2 amide bonds. The van der Waals surface area contributed by atoms with Gasteiger partial charge in [-0.15, -0.1) is 0 Å². The summed E-state index contributed by atoms with van der Waals surface area (Å²) in [7, 11) is 4.03. The van der Waals surface area contributed by atoms with E-state index in [-0.39, 0.29) is 12.1 Å². The van der Waals surface area contributed by atoms with Crippen LogP contribution in [0.1, 0.15) is 6.42 Å². The van der Waals surface area contributed by atoms with E-state index >= 15 is 0 Å². The fourth-order valence-electron chi connectivity index (χ4n) is 4.11. The van der Waals surface area contributed by atoms with Crippen molar-refractivity contribution < 1.29 is 4.79 Å². The number of carbonyl (C=O) groups excluding carboxylic acids is 1. The molecule has 1 saturated heterocycles. The second kappa shape index (κ2) is 7.29. The highest BCUT2D eigenvalue weighted by atomic mass is 16.2. The number of benzene rings is 1. The maximum absolute atomic E-state index is 13.2. The number of aromatic nitrogens is 3. The van der Waals surface area contributed by atoms with Gasteiger partial charge in [0.25, 0.3) is 0 Å². The van der Waals surface area contributed by atoms with Gasteiger partial charge in [0.05, 0.1) is 23.6 Å². The second-order valence-electron chi connectivity index (χ2n) is 7.76. The maximum atomic E-state index is 13.2. The van der Waals surface area contributed by atoms with Crippen molar-refractivity contribution in [1.82, 2.24) is 15.0 Å². The lowest BCUT2D eigenvalue weighted by Crippen LogP contribution is -2.48. The number of nitrogens with zero attached hydrogens (tertiary/aromatic N) is 6. The zero-order chi connectivity index (χ0) is 20.7. The van der Waals surface area contributed by atoms with E-state index in [1.165, 1.54) is 0 Å². The highest BCUT2D eigenvalue weighted by Crippen LogP contribution is 2.40. The number of anilines is 4. The van der Waals surface area contributed by atoms with Crippen molar-refractivity contribution >= 4 is 29.0 Å². The van der Waals surface area contributed by atoms with E-state index in [1.54, 1.807) is 23.5 Å². The number of amides is 2. The number of hydrogen-bond donors (Lipinski definition) is 1. The summed E-state index contributed by atoms with van der Waals surface area (Å²) in [5.41, 5.74) is 3.96. The molecule has 0 saturated carbocycles. The number of fused-ring (bicyclic) bond motifs is 4. The SMILES string of the molecule is CN(C)c1cccc(-c2ccc3c(n2)N(C(=O)Nc2cnccn2)[C@H]2CCN3C2)c1. The Bertz CT molecular complexity index is 1090.